The summed E-state index contributed by atoms with van der Waals surface area (Å²) in [6, 6.07) is 5.90. The number of nitrogens with one attached hydrogen (secondary N) is 1. The highest BCUT2D eigenvalue weighted by Crippen LogP contribution is 2.24. The van der Waals surface area contributed by atoms with Crippen molar-refractivity contribution in [2.24, 2.45) is 0 Å². The van der Waals surface area contributed by atoms with Gasteiger partial charge in [0, 0.05) is 50.7 Å². The van der Waals surface area contributed by atoms with Crippen LogP contribution >= 0.6 is 0 Å². The first kappa shape index (κ1) is 19.8. The molecule has 1 saturated carbocycles. The minimum Gasteiger partial charge on any atom is -0.340 e. The molecule has 1 aliphatic carbocycles. The zero-order valence-electron chi connectivity index (χ0n) is 16.0. The van der Waals surface area contributed by atoms with Crippen LogP contribution in [0, 0.1) is 5.82 Å². The summed E-state index contributed by atoms with van der Waals surface area (Å²) >= 11 is 0. The first-order chi connectivity index (χ1) is 13.1. The van der Waals surface area contributed by atoms with Gasteiger partial charge in [-0.2, -0.15) is 0 Å². The Labute approximate surface area is 160 Å². The molecule has 2 amide bonds. The second-order valence-electron chi connectivity index (χ2n) is 7.53. The lowest BCUT2D eigenvalue weighted by molar-refractivity contribution is -0.132. The van der Waals surface area contributed by atoms with Gasteiger partial charge >= 0.3 is 0 Å². The summed E-state index contributed by atoms with van der Waals surface area (Å²) in [6.45, 7) is 3.55. The van der Waals surface area contributed by atoms with Gasteiger partial charge in [0.15, 0.2) is 0 Å². The maximum absolute atomic E-state index is 13.2. The van der Waals surface area contributed by atoms with Crippen LogP contribution in [0.25, 0.3) is 0 Å². The molecule has 6 heteroatoms. The largest absolute Gasteiger partial charge is 0.340 e. The fourth-order valence-electron chi connectivity index (χ4n) is 4.07. The number of rotatable bonds is 5. The average molecular weight is 375 g/mol. The van der Waals surface area contributed by atoms with Crippen molar-refractivity contribution in [3.63, 3.8) is 0 Å². The van der Waals surface area contributed by atoms with E-state index in [2.05, 4.69) is 5.32 Å². The second-order valence-corrected chi connectivity index (χ2v) is 7.53. The van der Waals surface area contributed by atoms with Gasteiger partial charge in [0.1, 0.15) is 5.82 Å². The highest BCUT2D eigenvalue weighted by molar-refractivity contribution is 5.94. The number of carbonyl (C=O) groups is 2. The van der Waals surface area contributed by atoms with E-state index in [1.54, 1.807) is 12.1 Å². The average Bonchev–Trinajstić information content (AvgIpc) is 2.98. The summed E-state index contributed by atoms with van der Waals surface area (Å²) in [5, 5.41) is 3.25. The smallest absolute Gasteiger partial charge is 0.254 e. The Kier molecular flexibility index (Phi) is 7.21. The third kappa shape index (κ3) is 5.51. The van der Waals surface area contributed by atoms with Gasteiger partial charge in [-0.25, -0.2) is 4.39 Å². The minimum absolute atomic E-state index is 0.0880. The summed E-state index contributed by atoms with van der Waals surface area (Å²) in [4.78, 5) is 29.4. The number of hydrogen-bond donors (Lipinski definition) is 1. The molecule has 0 spiro atoms. The monoisotopic (exact) mass is 375 g/mol. The molecule has 0 bridgehead atoms. The number of carbonyl (C=O) groups excluding carboxylic acids is 2. The van der Waals surface area contributed by atoms with E-state index >= 15 is 0 Å². The minimum atomic E-state index is -0.346. The molecule has 2 fully saturated rings. The van der Waals surface area contributed by atoms with E-state index in [0.29, 0.717) is 18.5 Å². The summed E-state index contributed by atoms with van der Waals surface area (Å²) < 4.78 is 13.2. The van der Waals surface area contributed by atoms with Crippen LogP contribution in [0.1, 0.15) is 55.3 Å². The van der Waals surface area contributed by atoms with Crippen molar-refractivity contribution in [1.29, 1.82) is 0 Å². The molecule has 1 saturated heterocycles. The predicted molar refractivity (Wildman–Crippen MR) is 103 cm³/mol. The van der Waals surface area contributed by atoms with Gasteiger partial charge in [-0.3, -0.25) is 9.59 Å². The Morgan fingerprint density at radius 2 is 1.67 bits per heavy atom. The highest BCUT2D eigenvalue weighted by Gasteiger charge is 2.27. The van der Waals surface area contributed by atoms with Crippen LogP contribution in [0.4, 0.5) is 4.39 Å². The molecule has 0 unspecified atom stereocenters. The number of benzene rings is 1. The lowest BCUT2D eigenvalue weighted by atomic mass is 10.0. The molecule has 0 radical (unpaired) electrons. The van der Waals surface area contributed by atoms with Crippen LogP contribution in [0.15, 0.2) is 24.3 Å². The SMILES string of the molecule is O=C(CCN(C(=O)c1ccc(F)cc1)C1CCCCCC1)N1CCNCC1. The van der Waals surface area contributed by atoms with E-state index < -0.39 is 0 Å². The molecule has 1 aromatic rings. The third-order valence-electron chi connectivity index (χ3n) is 5.65. The molecule has 0 aromatic heterocycles. The summed E-state index contributed by atoms with van der Waals surface area (Å²) in [5.41, 5.74) is 0.496. The summed E-state index contributed by atoms with van der Waals surface area (Å²) in [5.74, 6) is -0.321. The number of amides is 2. The van der Waals surface area contributed by atoms with E-state index in [9.17, 15) is 14.0 Å². The lowest BCUT2D eigenvalue weighted by Gasteiger charge is -2.33. The molecule has 5 nitrogen and oxygen atoms in total. The van der Waals surface area contributed by atoms with Gasteiger partial charge in [0.05, 0.1) is 0 Å². The van der Waals surface area contributed by atoms with E-state index in [-0.39, 0.29) is 23.7 Å². The van der Waals surface area contributed by atoms with Crippen molar-refractivity contribution >= 4 is 11.8 Å². The Bertz CT molecular complexity index is 621. The van der Waals surface area contributed by atoms with Gasteiger partial charge in [-0.05, 0) is 37.1 Å². The van der Waals surface area contributed by atoms with E-state index in [1.165, 1.54) is 25.0 Å². The quantitative estimate of drug-likeness (QED) is 0.805. The van der Waals surface area contributed by atoms with Crippen LogP contribution in [-0.2, 0) is 4.79 Å². The normalized spacial score (nSPS) is 18.8. The Hall–Kier alpha value is -1.95. The molecule has 1 aliphatic heterocycles. The van der Waals surface area contributed by atoms with E-state index in [0.717, 1.165) is 51.9 Å². The number of nitrogens with zero attached hydrogens (tertiary/aromatic N) is 2. The first-order valence-electron chi connectivity index (χ1n) is 10.2. The Morgan fingerprint density at radius 1 is 1.04 bits per heavy atom. The molecule has 1 N–H and O–H groups in total. The van der Waals surface area contributed by atoms with Crippen molar-refractivity contribution in [3.8, 4) is 0 Å². The van der Waals surface area contributed by atoms with Crippen molar-refractivity contribution in [2.45, 2.75) is 51.0 Å². The maximum atomic E-state index is 13.2. The van der Waals surface area contributed by atoms with E-state index in [4.69, 9.17) is 0 Å². The van der Waals surface area contributed by atoms with Gasteiger partial charge in [0.25, 0.3) is 5.91 Å². The molecular formula is C21H30FN3O2. The number of piperazine rings is 1. The predicted octanol–water partition coefficient (Wildman–Crippen LogP) is 2.81. The Balaban J connectivity index is 1.69. The lowest BCUT2D eigenvalue weighted by Crippen LogP contribution is -2.48. The summed E-state index contributed by atoms with van der Waals surface area (Å²) in [6.07, 6.45) is 6.95. The van der Waals surface area contributed by atoms with Gasteiger partial charge in [0.2, 0.25) is 5.91 Å². The molecule has 2 aliphatic rings. The van der Waals surface area contributed by atoms with Crippen LogP contribution in [0.2, 0.25) is 0 Å². The zero-order valence-corrected chi connectivity index (χ0v) is 16.0. The number of hydrogen-bond acceptors (Lipinski definition) is 3. The molecule has 1 heterocycles. The fraction of sp³-hybridized carbons (Fsp3) is 0.619. The molecule has 27 heavy (non-hydrogen) atoms. The van der Waals surface area contributed by atoms with Crippen molar-refractivity contribution < 1.29 is 14.0 Å². The van der Waals surface area contributed by atoms with Gasteiger partial charge < -0.3 is 15.1 Å². The van der Waals surface area contributed by atoms with Crippen LogP contribution in [0.3, 0.4) is 0 Å². The molecular weight excluding hydrogens is 345 g/mol. The molecule has 3 rings (SSSR count). The second kappa shape index (κ2) is 9.83. The van der Waals surface area contributed by atoms with Crippen molar-refractivity contribution in [1.82, 2.24) is 15.1 Å². The van der Waals surface area contributed by atoms with Gasteiger partial charge in [-0.15, -0.1) is 0 Å². The topological polar surface area (TPSA) is 52.7 Å². The first-order valence-corrected chi connectivity index (χ1v) is 10.2. The fourth-order valence-corrected chi connectivity index (χ4v) is 4.07. The maximum Gasteiger partial charge on any atom is 0.254 e. The van der Waals surface area contributed by atoms with Crippen molar-refractivity contribution in [3.05, 3.63) is 35.6 Å². The van der Waals surface area contributed by atoms with Crippen LogP contribution < -0.4 is 5.32 Å². The third-order valence-corrected chi connectivity index (χ3v) is 5.65. The standard InChI is InChI=1S/C21H30FN3O2/c22-18-9-7-17(8-10-18)21(27)25(19-5-3-1-2-4-6-19)14-11-20(26)24-15-12-23-13-16-24/h7-10,19,23H,1-6,11-16H2. The van der Waals surface area contributed by atoms with Crippen LogP contribution in [-0.4, -0.2) is 60.4 Å². The molecule has 0 atom stereocenters. The number of halogens is 1. The Morgan fingerprint density at radius 3 is 2.30 bits per heavy atom. The molecule has 1 aromatic carbocycles. The summed E-state index contributed by atoms with van der Waals surface area (Å²) in [7, 11) is 0. The van der Waals surface area contributed by atoms with Gasteiger partial charge in [-0.1, -0.05) is 25.7 Å². The zero-order chi connectivity index (χ0) is 19.1. The highest BCUT2D eigenvalue weighted by atomic mass is 19.1. The van der Waals surface area contributed by atoms with Crippen LogP contribution in [0.5, 0.6) is 0 Å². The molecule has 148 valence electrons. The van der Waals surface area contributed by atoms with E-state index in [1.807, 2.05) is 9.80 Å². The van der Waals surface area contributed by atoms with Crippen molar-refractivity contribution in [2.75, 3.05) is 32.7 Å².